The molecule has 1 aromatic carbocycles. The highest BCUT2D eigenvalue weighted by molar-refractivity contribution is 5.87. The van der Waals surface area contributed by atoms with E-state index >= 15 is 0 Å². The largest absolute Gasteiger partial charge is 0.381 e. The summed E-state index contributed by atoms with van der Waals surface area (Å²) in [7, 11) is 0. The van der Waals surface area contributed by atoms with E-state index in [4.69, 9.17) is 0 Å². The van der Waals surface area contributed by atoms with E-state index in [-0.39, 0.29) is 0 Å². The molecular formula is C12H13N3. The molecule has 3 nitrogen and oxygen atoms in total. The van der Waals surface area contributed by atoms with Crippen LogP contribution in [-0.4, -0.2) is 19.5 Å². The lowest BCUT2D eigenvalue weighted by molar-refractivity contribution is 1.30. The highest BCUT2D eigenvalue weighted by atomic mass is 14.9. The molecule has 2 rings (SSSR count). The first-order valence-electron chi connectivity index (χ1n) is 4.89. The van der Waals surface area contributed by atoms with Gasteiger partial charge in [0, 0.05) is 24.0 Å². The average Bonchev–Trinajstić information content (AvgIpc) is 2.30. The quantitative estimate of drug-likeness (QED) is 0.730. The third-order valence-electron chi connectivity index (χ3n) is 2.32. The molecule has 0 fully saturated rings. The fraction of sp³-hybridized carbons (Fsp3) is 0.167. The molecular weight excluding hydrogens is 186 g/mol. The Kier molecular flexibility index (Phi) is 2.63. The van der Waals surface area contributed by atoms with Gasteiger partial charge in [-0.15, -0.1) is 0 Å². The number of benzene rings is 1. The second-order valence-corrected chi connectivity index (χ2v) is 3.22. The van der Waals surface area contributed by atoms with Crippen molar-refractivity contribution in [3.63, 3.8) is 0 Å². The SMILES string of the molecule is C=Nc1ccc2c(c1N=CC)C=CCN2. The first-order chi connectivity index (χ1) is 7.36. The van der Waals surface area contributed by atoms with Crippen LogP contribution in [0.15, 0.2) is 28.2 Å². The molecule has 15 heavy (non-hydrogen) atoms. The third-order valence-corrected chi connectivity index (χ3v) is 2.32. The molecule has 1 aromatic rings. The molecule has 0 saturated heterocycles. The van der Waals surface area contributed by atoms with E-state index in [1.807, 2.05) is 19.1 Å². The minimum Gasteiger partial charge on any atom is -0.381 e. The van der Waals surface area contributed by atoms with E-state index < -0.39 is 0 Å². The van der Waals surface area contributed by atoms with Gasteiger partial charge in [0.25, 0.3) is 0 Å². The van der Waals surface area contributed by atoms with Crippen LogP contribution in [0.4, 0.5) is 17.1 Å². The van der Waals surface area contributed by atoms with Crippen molar-refractivity contribution < 1.29 is 0 Å². The Morgan fingerprint density at radius 1 is 1.47 bits per heavy atom. The fourth-order valence-electron chi connectivity index (χ4n) is 1.66. The smallest absolute Gasteiger partial charge is 0.0974 e. The molecule has 1 heterocycles. The van der Waals surface area contributed by atoms with Gasteiger partial charge in [-0.05, 0) is 25.8 Å². The van der Waals surface area contributed by atoms with Crippen LogP contribution in [0.2, 0.25) is 0 Å². The van der Waals surface area contributed by atoms with Crippen molar-refractivity contribution >= 4 is 36.1 Å². The lowest BCUT2D eigenvalue weighted by Crippen LogP contribution is -2.04. The summed E-state index contributed by atoms with van der Waals surface area (Å²) in [5.41, 5.74) is 3.89. The molecule has 0 unspecified atom stereocenters. The molecule has 3 heteroatoms. The van der Waals surface area contributed by atoms with Crippen LogP contribution in [0.1, 0.15) is 12.5 Å². The Morgan fingerprint density at radius 3 is 3.07 bits per heavy atom. The van der Waals surface area contributed by atoms with E-state index in [0.29, 0.717) is 0 Å². The second-order valence-electron chi connectivity index (χ2n) is 3.22. The summed E-state index contributed by atoms with van der Waals surface area (Å²) >= 11 is 0. The van der Waals surface area contributed by atoms with Gasteiger partial charge >= 0.3 is 0 Å². The van der Waals surface area contributed by atoms with Gasteiger partial charge in [0.2, 0.25) is 0 Å². The Hall–Kier alpha value is -1.90. The molecule has 0 saturated carbocycles. The predicted molar refractivity (Wildman–Crippen MR) is 67.0 cm³/mol. The third kappa shape index (κ3) is 1.68. The van der Waals surface area contributed by atoms with E-state index in [1.165, 1.54) is 0 Å². The van der Waals surface area contributed by atoms with Crippen molar-refractivity contribution in [2.24, 2.45) is 9.98 Å². The van der Waals surface area contributed by atoms with E-state index in [2.05, 4.69) is 34.2 Å². The Balaban J connectivity index is 2.66. The molecule has 0 radical (unpaired) electrons. The number of hydrogen-bond acceptors (Lipinski definition) is 3. The van der Waals surface area contributed by atoms with Crippen molar-refractivity contribution in [1.82, 2.24) is 0 Å². The Labute approximate surface area is 89.3 Å². The van der Waals surface area contributed by atoms with Crippen LogP contribution in [0.3, 0.4) is 0 Å². The van der Waals surface area contributed by atoms with Gasteiger partial charge in [-0.2, -0.15) is 0 Å². The summed E-state index contributed by atoms with van der Waals surface area (Å²) in [6, 6.07) is 3.94. The summed E-state index contributed by atoms with van der Waals surface area (Å²) in [6.07, 6.45) is 5.92. The molecule has 1 aliphatic rings. The maximum atomic E-state index is 4.34. The zero-order chi connectivity index (χ0) is 10.7. The van der Waals surface area contributed by atoms with Crippen LogP contribution in [0, 0.1) is 0 Å². The van der Waals surface area contributed by atoms with E-state index in [9.17, 15) is 0 Å². The first-order valence-corrected chi connectivity index (χ1v) is 4.89. The lowest BCUT2D eigenvalue weighted by Gasteiger charge is -2.15. The van der Waals surface area contributed by atoms with Gasteiger partial charge in [0.05, 0.1) is 11.4 Å². The molecule has 0 amide bonds. The first kappa shape index (κ1) is 9.65. The maximum Gasteiger partial charge on any atom is 0.0974 e. The minimum atomic E-state index is 0.820. The fourth-order valence-corrected chi connectivity index (χ4v) is 1.66. The molecule has 0 bridgehead atoms. The molecule has 0 aliphatic carbocycles. The molecule has 0 spiro atoms. The average molecular weight is 199 g/mol. The van der Waals surface area contributed by atoms with Crippen LogP contribution >= 0.6 is 0 Å². The number of hydrogen-bond donors (Lipinski definition) is 1. The number of nitrogens with one attached hydrogen (secondary N) is 1. The molecule has 76 valence electrons. The number of nitrogens with zero attached hydrogens (tertiary/aromatic N) is 2. The molecule has 0 atom stereocenters. The Morgan fingerprint density at radius 2 is 2.33 bits per heavy atom. The van der Waals surface area contributed by atoms with Gasteiger partial charge in [-0.25, -0.2) is 0 Å². The summed E-state index contributed by atoms with van der Waals surface area (Å²) < 4.78 is 0. The standard InChI is InChI=1S/C12H13N3/c1-3-14-12-9-5-4-8-15-10(9)6-7-11(12)13-2/h3-7,15H,2,8H2,1H3. The topological polar surface area (TPSA) is 36.8 Å². The van der Waals surface area contributed by atoms with Crippen molar-refractivity contribution in [1.29, 1.82) is 0 Å². The van der Waals surface area contributed by atoms with Crippen LogP contribution in [0.5, 0.6) is 0 Å². The summed E-state index contributed by atoms with van der Waals surface area (Å²) in [5, 5.41) is 3.29. The molecule has 1 aliphatic heterocycles. The van der Waals surface area contributed by atoms with Gasteiger partial charge in [0.15, 0.2) is 0 Å². The van der Waals surface area contributed by atoms with Gasteiger partial charge in [0.1, 0.15) is 0 Å². The summed E-state index contributed by atoms with van der Waals surface area (Å²) in [4.78, 5) is 8.31. The van der Waals surface area contributed by atoms with Crippen LogP contribution in [0.25, 0.3) is 6.08 Å². The number of rotatable bonds is 2. The Bertz CT molecular complexity index is 444. The summed E-state index contributed by atoms with van der Waals surface area (Å²) in [5.74, 6) is 0. The van der Waals surface area contributed by atoms with Gasteiger partial charge in [-0.3, -0.25) is 9.98 Å². The van der Waals surface area contributed by atoms with E-state index in [0.717, 1.165) is 29.2 Å². The lowest BCUT2D eigenvalue weighted by atomic mass is 10.1. The predicted octanol–water partition coefficient (Wildman–Crippen LogP) is 3.18. The minimum absolute atomic E-state index is 0.820. The van der Waals surface area contributed by atoms with Crippen molar-refractivity contribution in [3.05, 3.63) is 23.8 Å². The number of fused-ring (bicyclic) bond motifs is 1. The monoisotopic (exact) mass is 199 g/mol. The van der Waals surface area contributed by atoms with E-state index in [1.54, 1.807) is 6.21 Å². The maximum absolute atomic E-state index is 4.34. The normalized spacial score (nSPS) is 13.7. The highest BCUT2D eigenvalue weighted by Crippen LogP contribution is 2.38. The number of aliphatic imine (C=N–C) groups is 2. The van der Waals surface area contributed by atoms with Crippen LogP contribution in [-0.2, 0) is 0 Å². The molecule has 1 N–H and O–H groups in total. The van der Waals surface area contributed by atoms with Gasteiger partial charge < -0.3 is 5.32 Å². The van der Waals surface area contributed by atoms with Crippen molar-refractivity contribution in [3.8, 4) is 0 Å². The zero-order valence-corrected chi connectivity index (χ0v) is 8.70. The highest BCUT2D eigenvalue weighted by Gasteiger charge is 2.11. The second kappa shape index (κ2) is 4.09. The zero-order valence-electron chi connectivity index (χ0n) is 8.70. The molecule has 0 aromatic heterocycles. The van der Waals surface area contributed by atoms with Crippen LogP contribution < -0.4 is 5.32 Å². The van der Waals surface area contributed by atoms with Crippen molar-refractivity contribution in [2.45, 2.75) is 6.92 Å². The van der Waals surface area contributed by atoms with Gasteiger partial charge in [-0.1, -0.05) is 12.2 Å². The van der Waals surface area contributed by atoms with Crippen molar-refractivity contribution in [2.75, 3.05) is 11.9 Å². The summed E-state index contributed by atoms with van der Waals surface area (Å²) in [6.45, 7) is 6.31. The number of anilines is 1.